The van der Waals surface area contributed by atoms with E-state index in [1.807, 2.05) is 0 Å². The second kappa shape index (κ2) is 13.0. The summed E-state index contributed by atoms with van der Waals surface area (Å²) >= 11 is 0. The number of rotatable bonds is 3. The molecule has 314 valence electrons. The highest BCUT2D eigenvalue weighted by Crippen LogP contribution is 2.66. The Labute approximate surface area is 394 Å². The van der Waals surface area contributed by atoms with Crippen molar-refractivity contribution in [2.75, 3.05) is 4.90 Å². The molecule has 1 atom stereocenters. The molecule has 0 saturated carbocycles. The molecule has 2 heterocycles. The summed E-state index contributed by atoms with van der Waals surface area (Å²) in [6.07, 6.45) is 0. The largest absolute Gasteiger partial charge is 0.310 e. The lowest BCUT2D eigenvalue weighted by Crippen LogP contribution is -2.33. The van der Waals surface area contributed by atoms with Gasteiger partial charge in [-0.25, -0.2) is 0 Å². The van der Waals surface area contributed by atoms with Crippen LogP contribution < -0.4 is 4.90 Å². The van der Waals surface area contributed by atoms with Gasteiger partial charge in [0, 0.05) is 27.7 Å². The van der Waals surface area contributed by atoms with Crippen LogP contribution in [0.2, 0.25) is 0 Å². The fourth-order valence-electron chi connectivity index (χ4n) is 13.8. The number of fused-ring (bicyclic) bond motifs is 24. The average molecular weight is 861 g/mol. The summed E-state index contributed by atoms with van der Waals surface area (Å²) in [6.45, 7) is 0. The third-order valence-corrected chi connectivity index (χ3v) is 16.2. The minimum absolute atomic E-state index is 0.501. The highest BCUT2D eigenvalue weighted by atomic mass is 15.1. The van der Waals surface area contributed by atoms with E-state index >= 15 is 0 Å². The SMILES string of the molecule is c1ccc(N(c2ccc3c(c2)C2(c4ccccc4-c4ccccc42)c2ccc4ccccc4c2-3)c2cccc3c2-c2ccccc2C32c3ccccc3-n3c4ccccc4c4cccc2c43)cc1. The Hall–Kier alpha value is -8.72. The molecule has 0 amide bonds. The fraction of sp³-hybridized carbons (Fsp3) is 0.0303. The summed E-state index contributed by atoms with van der Waals surface area (Å²) in [5.41, 5.74) is 24.5. The van der Waals surface area contributed by atoms with Gasteiger partial charge in [-0.05, 0) is 126 Å². The van der Waals surface area contributed by atoms with Crippen LogP contribution in [0.25, 0.3) is 71.6 Å². The van der Waals surface area contributed by atoms with Crippen LogP contribution in [0.1, 0.15) is 44.5 Å². The van der Waals surface area contributed by atoms with Crippen molar-refractivity contribution >= 4 is 49.6 Å². The Morgan fingerprint density at radius 1 is 0.309 bits per heavy atom. The van der Waals surface area contributed by atoms with E-state index in [-0.39, 0.29) is 0 Å². The smallest absolute Gasteiger partial charge is 0.0755 e. The second-order valence-corrected chi connectivity index (χ2v) is 19.0. The standard InChI is InChI=1S/C66H40N2/c1-2-19-42(20-3-1)67(43-37-38-50-58(40-43)65(56-39-36-41-18-4-5-21-44(41)62(50)56)51-27-10-6-22-45(51)46-23-7-11-28-52(46)65)61-35-17-31-55-63(61)49-25-8-12-29-53(49)66(55)54-30-13-15-34-60(54)68-59-33-14-9-24-47(59)48-26-16-32-57(66)64(48)68/h1-40H. The van der Waals surface area contributed by atoms with Gasteiger partial charge in [0.05, 0.1) is 33.2 Å². The zero-order chi connectivity index (χ0) is 44.3. The van der Waals surface area contributed by atoms with E-state index in [0.29, 0.717) is 0 Å². The molecule has 0 bridgehead atoms. The number of hydrogen-bond acceptors (Lipinski definition) is 1. The fourth-order valence-corrected chi connectivity index (χ4v) is 13.8. The van der Waals surface area contributed by atoms with Crippen molar-refractivity contribution in [3.05, 3.63) is 287 Å². The van der Waals surface area contributed by atoms with E-state index in [0.717, 1.165) is 17.1 Å². The molecule has 0 N–H and O–H groups in total. The molecule has 11 aromatic carbocycles. The first-order valence-corrected chi connectivity index (χ1v) is 23.9. The molecule has 0 radical (unpaired) electrons. The lowest BCUT2D eigenvalue weighted by atomic mass is 9.65. The van der Waals surface area contributed by atoms with Gasteiger partial charge < -0.3 is 9.47 Å². The van der Waals surface area contributed by atoms with Gasteiger partial charge in [-0.2, -0.15) is 0 Å². The molecule has 1 aromatic heterocycles. The number of aromatic nitrogens is 1. The van der Waals surface area contributed by atoms with Gasteiger partial charge in [-0.1, -0.05) is 200 Å². The van der Waals surface area contributed by atoms with E-state index in [1.165, 1.54) is 116 Å². The highest BCUT2D eigenvalue weighted by molar-refractivity contribution is 6.13. The Morgan fingerprint density at radius 3 is 1.68 bits per heavy atom. The number of benzene rings is 11. The van der Waals surface area contributed by atoms with Crippen LogP contribution >= 0.6 is 0 Å². The maximum absolute atomic E-state index is 2.54. The van der Waals surface area contributed by atoms with Gasteiger partial charge >= 0.3 is 0 Å². The zero-order valence-electron chi connectivity index (χ0n) is 37.0. The maximum Gasteiger partial charge on any atom is 0.0755 e. The van der Waals surface area contributed by atoms with E-state index in [9.17, 15) is 0 Å². The quantitative estimate of drug-likeness (QED) is 0.172. The number of anilines is 3. The predicted molar refractivity (Wildman–Crippen MR) is 280 cm³/mol. The molecule has 16 rings (SSSR count). The normalized spacial score (nSPS) is 15.8. The Bertz CT molecular complexity index is 4130. The van der Waals surface area contributed by atoms with Crippen molar-refractivity contribution in [2.45, 2.75) is 10.8 Å². The molecule has 3 aliphatic carbocycles. The monoisotopic (exact) mass is 860 g/mol. The van der Waals surface area contributed by atoms with Gasteiger partial charge in [0.1, 0.15) is 0 Å². The summed E-state index contributed by atoms with van der Waals surface area (Å²) in [5.74, 6) is 0. The molecule has 2 nitrogen and oxygen atoms in total. The Morgan fingerprint density at radius 2 is 0.868 bits per heavy atom. The number of hydrogen-bond donors (Lipinski definition) is 0. The summed E-state index contributed by atoms with van der Waals surface area (Å²) in [7, 11) is 0. The molecular formula is C66H40N2. The zero-order valence-corrected chi connectivity index (χ0v) is 37.0. The lowest BCUT2D eigenvalue weighted by molar-refractivity contribution is 0.748. The molecule has 0 saturated heterocycles. The predicted octanol–water partition coefficient (Wildman–Crippen LogP) is 16.4. The third-order valence-electron chi connectivity index (χ3n) is 16.2. The molecule has 2 spiro atoms. The van der Waals surface area contributed by atoms with E-state index in [2.05, 4.69) is 252 Å². The molecule has 4 aliphatic rings. The summed E-state index contributed by atoms with van der Waals surface area (Å²) < 4.78 is 2.53. The third kappa shape index (κ3) is 4.22. The number of para-hydroxylation sites is 4. The van der Waals surface area contributed by atoms with Crippen LogP contribution in [-0.2, 0) is 10.8 Å². The molecule has 0 fully saturated rings. The van der Waals surface area contributed by atoms with E-state index < -0.39 is 10.8 Å². The lowest BCUT2D eigenvalue weighted by Gasteiger charge is -2.39. The first kappa shape index (κ1) is 36.5. The van der Waals surface area contributed by atoms with E-state index in [4.69, 9.17) is 0 Å². The average Bonchev–Trinajstić information content (AvgIpc) is 4.10. The van der Waals surface area contributed by atoms with Crippen LogP contribution in [0.3, 0.4) is 0 Å². The van der Waals surface area contributed by atoms with Crippen LogP contribution in [-0.4, -0.2) is 4.57 Å². The molecule has 2 heteroatoms. The highest BCUT2D eigenvalue weighted by Gasteiger charge is 2.54. The van der Waals surface area contributed by atoms with Crippen LogP contribution in [0, 0.1) is 0 Å². The summed E-state index contributed by atoms with van der Waals surface area (Å²) in [5, 5.41) is 5.12. The Balaban J connectivity index is 1.01. The van der Waals surface area contributed by atoms with E-state index in [1.54, 1.807) is 0 Å². The van der Waals surface area contributed by atoms with Gasteiger partial charge in [-0.3, -0.25) is 0 Å². The molecule has 12 aromatic rings. The molecule has 1 aliphatic heterocycles. The van der Waals surface area contributed by atoms with Crippen molar-refractivity contribution in [2.24, 2.45) is 0 Å². The summed E-state index contributed by atoms with van der Waals surface area (Å²) in [4.78, 5) is 2.54. The van der Waals surface area contributed by atoms with Crippen LogP contribution in [0.15, 0.2) is 243 Å². The maximum atomic E-state index is 2.54. The topological polar surface area (TPSA) is 8.17 Å². The minimum atomic E-state index is -0.563. The van der Waals surface area contributed by atoms with Gasteiger partial charge in [0.15, 0.2) is 0 Å². The molecule has 1 unspecified atom stereocenters. The van der Waals surface area contributed by atoms with Crippen molar-refractivity contribution in [3.8, 4) is 39.1 Å². The first-order valence-electron chi connectivity index (χ1n) is 23.9. The molecule has 68 heavy (non-hydrogen) atoms. The van der Waals surface area contributed by atoms with Gasteiger partial charge in [0.2, 0.25) is 0 Å². The van der Waals surface area contributed by atoms with Crippen molar-refractivity contribution in [1.82, 2.24) is 4.57 Å². The van der Waals surface area contributed by atoms with Gasteiger partial charge in [-0.15, -0.1) is 0 Å². The molecular weight excluding hydrogens is 821 g/mol. The van der Waals surface area contributed by atoms with Crippen molar-refractivity contribution in [1.29, 1.82) is 0 Å². The number of nitrogens with zero attached hydrogens (tertiary/aromatic N) is 2. The minimum Gasteiger partial charge on any atom is -0.310 e. The van der Waals surface area contributed by atoms with Crippen molar-refractivity contribution in [3.63, 3.8) is 0 Å². The Kier molecular flexibility index (Phi) is 6.98. The van der Waals surface area contributed by atoms with Crippen LogP contribution in [0.5, 0.6) is 0 Å². The van der Waals surface area contributed by atoms with Crippen molar-refractivity contribution < 1.29 is 0 Å². The summed E-state index contributed by atoms with van der Waals surface area (Å²) in [6, 6.07) is 91.8. The van der Waals surface area contributed by atoms with Crippen LogP contribution in [0.4, 0.5) is 17.1 Å². The second-order valence-electron chi connectivity index (χ2n) is 19.0. The van der Waals surface area contributed by atoms with Gasteiger partial charge in [0.25, 0.3) is 0 Å². The first-order chi connectivity index (χ1) is 33.8.